The largest absolute Gasteiger partial charge is 0.388 e. The molecule has 0 spiro atoms. The van der Waals surface area contributed by atoms with E-state index in [-0.39, 0.29) is 18.7 Å². The predicted molar refractivity (Wildman–Crippen MR) is 179 cm³/mol. The molecule has 0 bridgehead atoms. The molecule has 6 N–H and O–H groups in total. The SMILES string of the molecule is C=C(NC)c1ccc(-n2ccc(N)n2)cc1.C=CN1CCc2c(C(=N)N)nc3ccccc3c21.CC.FC1(F)CCCCC1. The Hall–Kier alpha value is -4.73. The van der Waals surface area contributed by atoms with E-state index >= 15 is 0 Å². The van der Waals surface area contributed by atoms with Gasteiger partial charge in [-0.25, -0.2) is 18.4 Å². The van der Waals surface area contributed by atoms with Gasteiger partial charge in [-0.15, -0.1) is 0 Å². The highest BCUT2D eigenvalue weighted by Crippen LogP contribution is 2.36. The van der Waals surface area contributed by atoms with E-state index in [1.807, 2.05) is 81.8 Å². The van der Waals surface area contributed by atoms with Gasteiger partial charge < -0.3 is 21.7 Å². The fourth-order valence-electron chi connectivity index (χ4n) is 5.06. The van der Waals surface area contributed by atoms with Crippen LogP contribution in [-0.4, -0.2) is 40.1 Å². The zero-order valence-corrected chi connectivity index (χ0v) is 25.9. The smallest absolute Gasteiger partial charge is 0.248 e. The van der Waals surface area contributed by atoms with E-state index in [1.165, 1.54) is 0 Å². The summed E-state index contributed by atoms with van der Waals surface area (Å²) in [6.07, 6.45) is 7.17. The molecule has 8 nitrogen and oxygen atoms in total. The van der Waals surface area contributed by atoms with Gasteiger partial charge in [0.1, 0.15) is 17.3 Å². The molecule has 0 unspecified atom stereocenters. The Kier molecular flexibility index (Phi) is 12.0. The third-order valence-electron chi connectivity index (χ3n) is 7.31. The average Bonchev–Trinajstić information content (AvgIpc) is 3.68. The second-order valence-electron chi connectivity index (χ2n) is 10.2. The van der Waals surface area contributed by atoms with Gasteiger partial charge in [0.2, 0.25) is 5.92 Å². The lowest BCUT2D eigenvalue weighted by atomic mass is 9.97. The van der Waals surface area contributed by atoms with Gasteiger partial charge >= 0.3 is 0 Å². The molecule has 1 saturated carbocycles. The van der Waals surface area contributed by atoms with Crippen molar-refractivity contribution in [2.24, 2.45) is 5.73 Å². The lowest BCUT2D eigenvalue weighted by molar-refractivity contribution is -0.0337. The summed E-state index contributed by atoms with van der Waals surface area (Å²) in [6, 6.07) is 17.6. The Balaban J connectivity index is 0.000000187. The highest BCUT2D eigenvalue weighted by Gasteiger charge is 2.30. The lowest BCUT2D eigenvalue weighted by Gasteiger charge is -2.20. The van der Waals surface area contributed by atoms with Crippen molar-refractivity contribution in [1.82, 2.24) is 20.1 Å². The number of aromatic nitrogens is 3. The van der Waals surface area contributed by atoms with Crippen molar-refractivity contribution in [2.75, 3.05) is 24.2 Å². The first-order valence-electron chi connectivity index (χ1n) is 14.9. The van der Waals surface area contributed by atoms with E-state index < -0.39 is 5.92 Å². The Morgan fingerprint density at radius 2 is 1.70 bits per heavy atom. The van der Waals surface area contributed by atoms with Gasteiger partial charge in [-0.1, -0.05) is 63.8 Å². The minimum atomic E-state index is -2.32. The Labute approximate surface area is 259 Å². The van der Waals surface area contributed by atoms with Gasteiger partial charge in [-0.3, -0.25) is 5.41 Å². The number of hydrogen-bond donors (Lipinski definition) is 4. The maximum Gasteiger partial charge on any atom is 0.248 e. The summed E-state index contributed by atoms with van der Waals surface area (Å²) in [6.45, 7) is 12.6. The third-order valence-corrected chi connectivity index (χ3v) is 7.31. The maximum atomic E-state index is 12.2. The van der Waals surface area contributed by atoms with Crippen LogP contribution >= 0.6 is 0 Å². The normalized spacial score (nSPS) is 14.4. The topological polar surface area (TPSA) is 122 Å². The monoisotopic (exact) mass is 602 g/mol. The molecule has 2 aliphatic rings. The summed E-state index contributed by atoms with van der Waals surface area (Å²) >= 11 is 0. The van der Waals surface area contributed by atoms with Crippen molar-refractivity contribution >= 4 is 33.9 Å². The summed E-state index contributed by atoms with van der Waals surface area (Å²) in [5.74, 6) is -1.77. The zero-order chi connectivity index (χ0) is 32.3. The van der Waals surface area contributed by atoms with Crippen molar-refractivity contribution in [3.05, 3.63) is 97.0 Å². The molecule has 2 aromatic carbocycles. The molecule has 3 heterocycles. The Bertz CT molecular complexity index is 1550. The first kappa shape index (κ1) is 33.8. The van der Waals surface area contributed by atoms with E-state index in [1.54, 1.807) is 10.7 Å². The highest BCUT2D eigenvalue weighted by atomic mass is 19.3. The maximum absolute atomic E-state index is 12.2. The highest BCUT2D eigenvalue weighted by molar-refractivity contribution is 6.04. The van der Waals surface area contributed by atoms with E-state index in [2.05, 4.69) is 33.5 Å². The number of alkyl halides is 2. The fraction of sp³-hybridized carbons (Fsp3) is 0.324. The molecule has 0 amide bonds. The minimum Gasteiger partial charge on any atom is -0.388 e. The molecule has 10 heteroatoms. The van der Waals surface area contributed by atoms with Crippen LogP contribution in [0.3, 0.4) is 0 Å². The second kappa shape index (κ2) is 15.7. The quantitative estimate of drug-likeness (QED) is 0.141. The van der Waals surface area contributed by atoms with Gasteiger partial charge in [0.15, 0.2) is 0 Å². The van der Waals surface area contributed by atoms with Gasteiger partial charge in [-0.05, 0) is 49.2 Å². The number of halogens is 2. The Morgan fingerprint density at radius 1 is 1.05 bits per heavy atom. The van der Waals surface area contributed by atoms with Crippen molar-refractivity contribution in [1.29, 1.82) is 5.41 Å². The summed E-state index contributed by atoms with van der Waals surface area (Å²) < 4.78 is 26.1. The molecule has 0 radical (unpaired) electrons. The third kappa shape index (κ3) is 8.43. The first-order chi connectivity index (χ1) is 21.1. The number of fused-ring (bicyclic) bond motifs is 3. The molecule has 4 aromatic rings. The van der Waals surface area contributed by atoms with Gasteiger partial charge in [-0.2, -0.15) is 5.10 Å². The fourth-order valence-corrected chi connectivity index (χ4v) is 5.06. The molecule has 2 aromatic heterocycles. The summed E-state index contributed by atoms with van der Waals surface area (Å²) in [7, 11) is 1.85. The molecule has 1 fully saturated rings. The van der Waals surface area contributed by atoms with E-state index in [4.69, 9.17) is 16.9 Å². The van der Waals surface area contributed by atoms with E-state index in [0.717, 1.165) is 58.5 Å². The number of nitrogens with one attached hydrogen (secondary N) is 2. The lowest BCUT2D eigenvalue weighted by Crippen LogP contribution is -2.18. The molecule has 0 saturated heterocycles. The van der Waals surface area contributed by atoms with E-state index in [9.17, 15) is 8.78 Å². The van der Waals surface area contributed by atoms with Crippen LogP contribution in [0.5, 0.6) is 0 Å². The number of nitrogen functional groups attached to an aromatic ring is 2. The van der Waals surface area contributed by atoms with Crippen molar-refractivity contribution in [3.63, 3.8) is 0 Å². The van der Waals surface area contributed by atoms with Gasteiger partial charge in [0.05, 0.1) is 16.9 Å². The van der Waals surface area contributed by atoms with Crippen LogP contribution < -0.4 is 21.7 Å². The summed E-state index contributed by atoms with van der Waals surface area (Å²) in [5, 5.41) is 15.9. The number of nitrogens with zero attached hydrogens (tertiary/aromatic N) is 4. The van der Waals surface area contributed by atoms with Crippen molar-refractivity contribution in [3.8, 4) is 5.69 Å². The number of para-hydroxylation sites is 1. The average molecular weight is 603 g/mol. The Morgan fingerprint density at radius 3 is 2.23 bits per heavy atom. The van der Waals surface area contributed by atoms with Crippen molar-refractivity contribution in [2.45, 2.75) is 58.3 Å². The number of benzene rings is 2. The number of pyridine rings is 1. The first-order valence-corrected chi connectivity index (χ1v) is 14.9. The van der Waals surface area contributed by atoms with Gasteiger partial charge in [0.25, 0.3) is 0 Å². The second-order valence-corrected chi connectivity index (χ2v) is 10.2. The standard InChI is InChI=1S/C14H14N4.C12H14N4.C6H10F2.C2H6/c1-2-18-8-7-10-12(14(15)16)17-11-6-4-3-5-9(11)13(10)18;1-9(14-2)10-3-5-11(6-4-10)16-8-7-12(13)15-16;7-6(8)4-2-1-3-5-6;1-2/h2-6H,1,7-8H2,(H3,15,16);3-8,14H,1H2,2H3,(H2,13,15);1-5H2;1-2H3. The van der Waals surface area contributed by atoms with E-state index in [0.29, 0.717) is 24.4 Å². The van der Waals surface area contributed by atoms with Crippen LogP contribution in [-0.2, 0) is 6.42 Å². The van der Waals surface area contributed by atoms with Crippen LogP contribution in [0.1, 0.15) is 62.8 Å². The van der Waals surface area contributed by atoms with Crippen LogP contribution in [0, 0.1) is 5.41 Å². The van der Waals surface area contributed by atoms with Crippen LogP contribution in [0.2, 0.25) is 0 Å². The molecule has 44 heavy (non-hydrogen) atoms. The summed E-state index contributed by atoms with van der Waals surface area (Å²) in [5.41, 5.74) is 17.8. The number of anilines is 2. The van der Waals surface area contributed by atoms with Crippen LogP contribution in [0.25, 0.3) is 22.3 Å². The molecular weight excluding hydrogens is 558 g/mol. The van der Waals surface area contributed by atoms with Gasteiger partial charge in [0, 0.05) is 55.3 Å². The molecule has 234 valence electrons. The van der Waals surface area contributed by atoms with Crippen LogP contribution in [0.15, 0.2) is 80.2 Å². The predicted octanol–water partition coefficient (Wildman–Crippen LogP) is 7.28. The minimum absolute atomic E-state index is 0.0305. The molecular formula is C34H44F2N8. The zero-order valence-electron chi connectivity index (χ0n) is 25.9. The molecule has 1 aliphatic carbocycles. The number of amidine groups is 1. The molecule has 1 aliphatic heterocycles. The van der Waals surface area contributed by atoms with Crippen LogP contribution in [0.4, 0.5) is 20.3 Å². The number of hydrogen-bond acceptors (Lipinski definition) is 6. The molecule has 6 rings (SSSR count). The number of nitrogens with two attached hydrogens (primary N) is 2. The summed E-state index contributed by atoms with van der Waals surface area (Å²) in [4.78, 5) is 6.61. The molecule has 0 atom stereocenters. The van der Waals surface area contributed by atoms with Crippen molar-refractivity contribution < 1.29 is 8.78 Å². The number of rotatable bonds is 5.